The molecule has 4 aliphatic heterocycles. The highest BCUT2D eigenvalue weighted by atomic mass is 35.5. The summed E-state index contributed by atoms with van der Waals surface area (Å²) in [6.07, 6.45) is 7.31. The molecule has 32 heteroatoms. The number of hydrogen-bond acceptors (Lipinski definition) is 22. The van der Waals surface area contributed by atoms with Crippen molar-refractivity contribution in [2.45, 2.75) is 65.2 Å². The third-order valence-electron chi connectivity index (χ3n) is 11.7. The van der Waals surface area contributed by atoms with E-state index in [0.29, 0.717) is 63.7 Å². The van der Waals surface area contributed by atoms with E-state index in [1.807, 2.05) is 76.8 Å². The van der Waals surface area contributed by atoms with Crippen molar-refractivity contribution in [2.75, 3.05) is 144 Å². The molecular weight excluding hydrogens is 1190 g/mol. The summed E-state index contributed by atoms with van der Waals surface area (Å²) in [4.78, 5) is 97.7. The second kappa shape index (κ2) is 39.8. The van der Waals surface area contributed by atoms with E-state index in [2.05, 4.69) is 73.1 Å². The van der Waals surface area contributed by atoms with Gasteiger partial charge in [-0.05, 0) is 76.9 Å². The smallest absolute Gasteiger partial charge is 0.410 e. The van der Waals surface area contributed by atoms with Gasteiger partial charge in [0.05, 0.1) is 12.4 Å². The molecule has 4 aromatic heterocycles. The first-order valence-corrected chi connectivity index (χ1v) is 29.4. The van der Waals surface area contributed by atoms with E-state index in [0.717, 1.165) is 96.2 Å². The van der Waals surface area contributed by atoms with E-state index in [9.17, 15) is 24.0 Å². The Morgan fingerprint density at radius 1 is 0.605 bits per heavy atom. The van der Waals surface area contributed by atoms with Gasteiger partial charge in [0, 0.05) is 158 Å². The van der Waals surface area contributed by atoms with Crippen molar-refractivity contribution in [3.05, 3.63) is 69.9 Å². The van der Waals surface area contributed by atoms with Crippen LogP contribution in [0.2, 0.25) is 0 Å². The number of nitrogens with zero attached hydrogens (tertiary/aromatic N) is 13. The fourth-order valence-electron chi connectivity index (χ4n) is 7.56. The number of ether oxygens (including phenoxy) is 2. The van der Waals surface area contributed by atoms with Gasteiger partial charge in [-0.2, -0.15) is 10.5 Å². The largest absolute Gasteiger partial charge is 0.444 e. The Hall–Kier alpha value is -7.67. The average molecular weight is 1270 g/mol. The Kier molecular flexibility index (Phi) is 34.5. The number of piperazine rings is 4. The van der Waals surface area contributed by atoms with Gasteiger partial charge in [-0.15, -0.1) is 24.0 Å². The number of carbonyl (C=O) groups excluding carboxylic acids is 6. The Balaban J connectivity index is 0.000000371. The highest BCUT2D eigenvalue weighted by Gasteiger charge is 2.28. The van der Waals surface area contributed by atoms with Crippen molar-refractivity contribution in [1.82, 2.24) is 75.9 Å². The number of thiazole rings is 2. The second-order valence-corrected chi connectivity index (χ2v) is 22.7. The molecule has 28 nitrogen and oxygen atoms in total. The number of urea groups is 3. The molecule has 0 atom stereocenters. The number of anilines is 4. The predicted octanol–water partition coefficient (Wildman–Crippen LogP) is 5.81. The molecule has 0 aromatic carbocycles. The first kappa shape index (κ1) is 74.4. The summed E-state index contributed by atoms with van der Waals surface area (Å²) in [5.74, 6) is 1.83. The number of aliphatic imine (C=N–C) groups is 1. The fraction of sp³-hybridized carbons (Fsp3) is 0.556. The lowest BCUT2D eigenvalue weighted by molar-refractivity contribution is 0.0169. The maximum absolute atomic E-state index is 11.7. The average Bonchev–Trinajstić information content (AvgIpc) is 4.34. The molecular formula is C54H82Cl2N20O8S2. The minimum Gasteiger partial charge on any atom is -0.444 e. The van der Waals surface area contributed by atoms with Crippen molar-refractivity contribution in [3.63, 3.8) is 0 Å². The number of nitrogens with one attached hydrogen (secondary N) is 7. The highest BCUT2D eigenvalue weighted by Crippen LogP contribution is 2.23. The summed E-state index contributed by atoms with van der Waals surface area (Å²) in [5, 5.41) is 39.1. The van der Waals surface area contributed by atoms with Crippen LogP contribution in [0.15, 0.2) is 54.0 Å². The van der Waals surface area contributed by atoms with Gasteiger partial charge in [-0.1, -0.05) is 22.7 Å². The highest BCUT2D eigenvalue weighted by molar-refractivity contribution is 7.16. The molecule has 0 saturated carbocycles. The normalized spacial score (nSPS) is 14.6. The molecule has 4 aromatic rings. The van der Waals surface area contributed by atoms with Crippen LogP contribution in [0.25, 0.3) is 0 Å². The number of alkyl halides is 1. The van der Waals surface area contributed by atoms with Gasteiger partial charge in [0.25, 0.3) is 0 Å². The number of aromatic nitrogens is 4. The summed E-state index contributed by atoms with van der Waals surface area (Å²) in [5.41, 5.74) is 1.26. The maximum atomic E-state index is 11.7. The van der Waals surface area contributed by atoms with Crippen LogP contribution in [0.5, 0.6) is 0 Å². The van der Waals surface area contributed by atoms with E-state index in [4.69, 9.17) is 36.4 Å². The van der Waals surface area contributed by atoms with Gasteiger partial charge in [0.2, 0.25) is 6.08 Å². The Bertz CT molecular complexity index is 2830. The molecule has 472 valence electrons. The van der Waals surface area contributed by atoms with E-state index >= 15 is 0 Å². The van der Waals surface area contributed by atoms with Gasteiger partial charge in [-0.25, -0.2) is 53.7 Å². The van der Waals surface area contributed by atoms with Crippen LogP contribution in [0.3, 0.4) is 0 Å². The number of nitriles is 2. The third-order valence-corrected chi connectivity index (χ3v) is 13.6. The molecule has 8 amide bonds. The molecule has 0 aliphatic carbocycles. The molecule has 0 spiro atoms. The molecule has 0 bridgehead atoms. The van der Waals surface area contributed by atoms with Gasteiger partial charge in [-0.3, -0.25) is 4.90 Å². The Labute approximate surface area is 522 Å². The quantitative estimate of drug-likeness (QED) is 0.0652. The minimum absolute atomic E-state index is 0. The van der Waals surface area contributed by atoms with Crippen LogP contribution in [0.4, 0.5) is 45.9 Å². The van der Waals surface area contributed by atoms with Crippen LogP contribution < -0.4 is 37.2 Å². The van der Waals surface area contributed by atoms with Crippen LogP contribution >= 0.6 is 46.7 Å². The van der Waals surface area contributed by atoms with Crippen molar-refractivity contribution >= 4 is 105 Å². The summed E-state index contributed by atoms with van der Waals surface area (Å²) in [7, 11) is 6.29. The number of carbonyl (C=O) groups is 5. The summed E-state index contributed by atoms with van der Waals surface area (Å²) < 4.78 is 10.5. The van der Waals surface area contributed by atoms with Gasteiger partial charge >= 0.3 is 30.3 Å². The standard InChI is InChI=1S/C16H19N7OS.C11H21N3O3.C10H7ClN4S.C9H18N2O2.C6H13N3O.C2H3NO.ClH/c1-18-16(24)23-6-4-22(5-7-23)11-12-2-3-19-14(8-12)21-15-20-10-13(9-17)25-15;1-11(2,3)17-10(16)14-7-5-13(6-8-14)9(15)12-4;11-4-7-1-2-13-9(3-7)15-10-14-6-8(5-12)16-10;1-9(2,3)13-8(12)11-6-4-10-5-7-11;1-7-6(10)9-4-2-8-3-5-9;1-3-2-4;/h2-3,8,10H,4-7,11H2,1H3,(H,18,24)(H,19,20,21);5-8H2,1-4H3,(H,12,15);1-3,6H,4H2,(H,13,14,15);10H,4-7H2,1-3H3;8H,2-5H2,1H3,(H,7,10);1H3;1H. The van der Waals surface area contributed by atoms with E-state index in [-0.39, 0.29) is 48.3 Å². The van der Waals surface area contributed by atoms with E-state index in [1.54, 1.807) is 59.3 Å². The number of hydrogen-bond donors (Lipinski definition) is 7. The van der Waals surface area contributed by atoms with E-state index in [1.165, 1.54) is 42.0 Å². The van der Waals surface area contributed by atoms with Crippen molar-refractivity contribution in [2.24, 2.45) is 4.99 Å². The third kappa shape index (κ3) is 29.4. The summed E-state index contributed by atoms with van der Waals surface area (Å²) in [6, 6.07) is 11.7. The zero-order chi connectivity index (χ0) is 62.8. The minimum atomic E-state index is -0.477. The molecule has 8 heterocycles. The molecule has 86 heavy (non-hydrogen) atoms. The van der Waals surface area contributed by atoms with Crippen molar-refractivity contribution in [1.29, 1.82) is 10.5 Å². The second-order valence-electron chi connectivity index (χ2n) is 20.4. The predicted molar refractivity (Wildman–Crippen MR) is 334 cm³/mol. The fourth-order valence-corrected chi connectivity index (χ4v) is 8.96. The molecule has 8 rings (SSSR count). The number of halogens is 2. The van der Waals surface area contributed by atoms with Crippen LogP contribution in [0, 0.1) is 22.7 Å². The molecule has 4 aliphatic rings. The van der Waals surface area contributed by atoms with Crippen LogP contribution in [0.1, 0.15) is 62.4 Å². The monoisotopic (exact) mass is 1270 g/mol. The van der Waals surface area contributed by atoms with Gasteiger partial charge in [0.1, 0.15) is 44.7 Å². The van der Waals surface area contributed by atoms with Crippen molar-refractivity contribution in [3.8, 4) is 12.1 Å². The zero-order valence-corrected chi connectivity index (χ0v) is 53.7. The molecule has 4 fully saturated rings. The van der Waals surface area contributed by atoms with Gasteiger partial charge in [0.15, 0.2) is 10.3 Å². The van der Waals surface area contributed by atoms with Crippen LogP contribution in [-0.2, 0) is 26.7 Å². The molecule has 0 radical (unpaired) electrons. The first-order valence-electron chi connectivity index (χ1n) is 27.2. The number of amides is 8. The number of isocyanates is 1. The summed E-state index contributed by atoms with van der Waals surface area (Å²) >= 11 is 8.30. The maximum Gasteiger partial charge on any atom is 0.410 e. The zero-order valence-electron chi connectivity index (χ0n) is 50.5. The molecule has 4 saturated heterocycles. The van der Waals surface area contributed by atoms with E-state index < -0.39 is 5.60 Å². The van der Waals surface area contributed by atoms with Crippen molar-refractivity contribution < 1.29 is 38.2 Å². The molecule has 0 unspecified atom stereocenters. The topological polar surface area (TPSA) is 336 Å². The first-order chi connectivity index (χ1) is 40.6. The lowest BCUT2D eigenvalue weighted by Crippen LogP contribution is -2.53. The van der Waals surface area contributed by atoms with Gasteiger partial charge < -0.3 is 71.2 Å². The summed E-state index contributed by atoms with van der Waals surface area (Å²) in [6.45, 7) is 23.9. The SMILES string of the molecule is CC(C)(C)OC(=O)N1CCNCC1.CN=C=O.CNC(=O)N1CCN(C(=O)OC(C)(C)C)CC1.CNC(=O)N1CCN(Cc2ccnc(Nc3ncc(C#N)s3)c2)CC1.CNC(=O)N1CCNCC1.Cl.N#Cc1cnc(Nc2cc(CCl)ccn2)s1. The lowest BCUT2D eigenvalue weighted by Gasteiger charge is -2.35. The Morgan fingerprint density at radius 3 is 1.31 bits per heavy atom. The lowest BCUT2D eigenvalue weighted by atomic mass is 10.2. The number of rotatable bonds is 7. The Morgan fingerprint density at radius 2 is 0.953 bits per heavy atom. The molecule has 7 N–H and O–H groups in total. The number of pyridine rings is 2. The van der Waals surface area contributed by atoms with Crippen LogP contribution in [-0.4, -0.2) is 230 Å².